The molecule has 1 saturated heterocycles. The maximum atomic E-state index is 10.4. The minimum atomic E-state index is -0.855. The van der Waals surface area contributed by atoms with E-state index in [1.165, 1.54) is 0 Å². The van der Waals surface area contributed by atoms with Gasteiger partial charge in [-0.25, -0.2) is 0 Å². The molecule has 0 bridgehead atoms. The van der Waals surface area contributed by atoms with E-state index in [9.17, 15) is 15.0 Å². The van der Waals surface area contributed by atoms with Crippen molar-refractivity contribution in [2.24, 2.45) is 11.3 Å². The fourth-order valence-corrected chi connectivity index (χ4v) is 2.56. The molecule has 1 aliphatic rings. The zero-order chi connectivity index (χ0) is 14.3. The monoisotopic (exact) mass is 275 g/mol. The third-order valence-electron chi connectivity index (χ3n) is 3.23. The quantitative estimate of drug-likeness (QED) is 0.361. The summed E-state index contributed by atoms with van der Waals surface area (Å²) in [5.74, 6) is 0.577. The Morgan fingerprint density at radius 3 is 2.84 bits per heavy atom. The first-order chi connectivity index (χ1) is 9.02. The molecule has 0 saturated carbocycles. The lowest BCUT2D eigenvalue weighted by Gasteiger charge is -2.28. The highest BCUT2D eigenvalue weighted by molar-refractivity contribution is 4.81. The summed E-state index contributed by atoms with van der Waals surface area (Å²) < 4.78 is 0. The Labute approximate surface area is 112 Å². The van der Waals surface area contributed by atoms with Gasteiger partial charge in [-0.15, -0.1) is 15.0 Å². The van der Waals surface area contributed by atoms with Crippen LogP contribution in [0.15, 0.2) is 5.34 Å². The Bertz CT molecular complexity index is 300. The van der Waals surface area contributed by atoms with Crippen LogP contribution in [0.25, 0.3) is 0 Å². The third kappa shape index (κ3) is 5.82. The van der Waals surface area contributed by atoms with Gasteiger partial charge in [-0.05, 0) is 31.7 Å². The number of hydrogen-bond donors (Lipinski definition) is 0. The second kappa shape index (κ2) is 7.88. The molecular weight excluding hydrogens is 254 g/mol. The van der Waals surface area contributed by atoms with Crippen molar-refractivity contribution < 1.29 is 14.8 Å². The van der Waals surface area contributed by atoms with Gasteiger partial charge in [0.05, 0.1) is 0 Å². The minimum absolute atomic E-state index is 0.199. The van der Waals surface area contributed by atoms with E-state index in [4.69, 9.17) is 0 Å². The molecule has 2 unspecified atom stereocenters. The van der Waals surface area contributed by atoms with Crippen molar-refractivity contribution >= 4 is 0 Å². The van der Waals surface area contributed by atoms with E-state index in [1.54, 1.807) is 0 Å². The zero-order valence-electron chi connectivity index (χ0n) is 11.4. The van der Waals surface area contributed by atoms with Gasteiger partial charge < -0.3 is 9.68 Å². The number of nitrogens with zero attached hydrogens (tertiary/aromatic N) is 3. The summed E-state index contributed by atoms with van der Waals surface area (Å²) in [6, 6.07) is 0.419. The average Bonchev–Trinajstić information content (AvgIpc) is 2.72. The van der Waals surface area contributed by atoms with Gasteiger partial charge >= 0.3 is 0 Å². The van der Waals surface area contributed by atoms with Crippen molar-refractivity contribution in [1.82, 2.24) is 4.90 Å². The molecule has 0 amide bonds. The molecule has 1 fully saturated rings. The molecule has 0 aromatic carbocycles. The molecule has 2 atom stereocenters. The smallest absolute Gasteiger partial charge is 0.294 e. The Kier molecular flexibility index (Phi) is 6.48. The van der Waals surface area contributed by atoms with Crippen LogP contribution in [0.4, 0.5) is 0 Å². The van der Waals surface area contributed by atoms with Crippen LogP contribution in [0.1, 0.15) is 33.1 Å². The van der Waals surface area contributed by atoms with Crippen molar-refractivity contribution in [1.29, 1.82) is 0 Å². The zero-order valence-corrected chi connectivity index (χ0v) is 11.4. The van der Waals surface area contributed by atoms with Crippen molar-refractivity contribution in [3.8, 4) is 0 Å². The number of hydrogen-bond acceptors (Lipinski definition) is 7. The average molecular weight is 275 g/mol. The van der Waals surface area contributed by atoms with Crippen LogP contribution >= 0.6 is 0 Å². The molecule has 110 valence electrons. The van der Waals surface area contributed by atoms with Gasteiger partial charge in [0.2, 0.25) is 0 Å². The predicted octanol–water partition coefficient (Wildman–Crippen LogP) is 1.77. The van der Waals surface area contributed by atoms with Crippen LogP contribution in [0.3, 0.4) is 0 Å². The van der Waals surface area contributed by atoms with Gasteiger partial charge in [-0.1, -0.05) is 13.8 Å². The van der Waals surface area contributed by atoms with Gasteiger partial charge in [0.25, 0.3) is 5.09 Å². The molecule has 0 N–H and O–H groups in total. The Balaban J connectivity index is 2.50. The molecule has 0 aliphatic carbocycles. The van der Waals surface area contributed by atoms with Gasteiger partial charge in [-0.3, -0.25) is 4.90 Å². The summed E-state index contributed by atoms with van der Waals surface area (Å²) in [7, 11) is 0. The topological polar surface area (TPSA) is 94.3 Å². The molecule has 0 aromatic heterocycles. The summed E-state index contributed by atoms with van der Waals surface area (Å²) in [4.78, 5) is 31.4. The summed E-state index contributed by atoms with van der Waals surface area (Å²) in [5, 5.41) is 11.8. The normalized spacial score (nSPS) is 21.3. The number of likely N-dealkylation sites (tertiary alicyclic amines) is 1. The van der Waals surface area contributed by atoms with E-state index in [1.807, 2.05) is 0 Å². The molecular formula is C11H21N3O5. The highest BCUT2D eigenvalue weighted by Gasteiger charge is 2.29. The molecule has 1 heterocycles. The van der Waals surface area contributed by atoms with Crippen molar-refractivity contribution in [3.63, 3.8) is 0 Å². The maximum Gasteiger partial charge on any atom is 0.294 e. The SMILES string of the molecule is CC(C)CC1CCCN1CC(CON=O)O[N+](=O)[O-]. The lowest BCUT2D eigenvalue weighted by molar-refractivity contribution is -0.769. The summed E-state index contributed by atoms with van der Waals surface area (Å²) in [6.45, 7) is 5.38. The molecule has 8 heteroatoms. The van der Waals surface area contributed by atoms with E-state index in [0.29, 0.717) is 18.5 Å². The van der Waals surface area contributed by atoms with Crippen LogP contribution in [-0.2, 0) is 9.68 Å². The molecule has 0 radical (unpaired) electrons. The highest BCUT2D eigenvalue weighted by atomic mass is 17.0. The lowest BCUT2D eigenvalue weighted by Crippen LogP contribution is -2.40. The van der Waals surface area contributed by atoms with Crippen LogP contribution < -0.4 is 0 Å². The van der Waals surface area contributed by atoms with Crippen LogP contribution in [-0.4, -0.2) is 41.8 Å². The lowest BCUT2D eigenvalue weighted by atomic mass is 10.0. The second-order valence-corrected chi connectivity index (χ2v) is 5.24. The van der Waals surface area contributed by atoms with Crippen molar-refractivity contribution in [3.05, 3.63) is 15.0 Å². The molecule has 0 aromatic rings. The largest absolute Gasteiger partial charge is 0.362 e. The number of rotatable bonds is 9. The van der Waals surface area contributed by atoms with E-state index in [0.717, 1.165) is 25.8 Å². The fraction of sp³-hybridized carbons (Fsp3) is 1.00. The van der Waals surface area contributed by atoms with Gasteiger partial charge in [0.1, 0.15) is 6.61 Å². The molecule has 1 rings (SSSR count). The van der Waals surface area contributed by atoms with Crippen LogP contribution in [0, 0.1) is 20.9 Å². The molecule has 1 aliphatic heterocycles. The maximum absolute atomic E-state index is 10.4. The van der Waals surface area contributed by atoms with Gasteiger partial charge in [0, 0.05) is 12.6 Å². The van der Waals surface area contributed by atoms with E-state index < -0.39 is 11.2 Å². The van der Waals surface area contributed by atoms with Crippen LogP contribution in [0.5, 0.6) is 0 Å². The Morgan fingerprint density at radius 1 is 1.53 bits per heavy atom. The summed E-state index contributed by atoms with van der Waals surface area (Å²) in [6.07, 6.45) is 2.45. The molecule has 19 heavy (non-hydrogen) atoms. The first kappa shape index (κ1) is 15.6. The second-order valence-electron chi connectivity index (χ2n) is 5.24. The Morgan fingerprint density at radius 2 is 2.26 bits per heavy atom. The first-order valence-corrected chi connectivity index (χ1v) is 6.52. The van der Waals surface area contributed by atoms with Gasteiger partial charge in [0.15, 0.2) is 11.4 Å². The summed E-state index contributed by atoms with van der Waals surface area (Å²) >= 11 is 0. The highest BCUT2D eigenvalue weighted by Crippen LogP contribution is 2.23. The summed E-state index contributed by atoms with van der Waals surface area (Å²) in [5.41, 5.74) is 0. The third-order valence-corrected chi connectivity index (χ3v) is 3.23. The van der Waals surface area contributed by atoms with Crippen molar-refractivity contribution in [2.75, 3.05) is 19.7 Å². The molecule has 0 spiro atoms. The fourth-order valence-electron chi connectivity index (χ4n) is 2.56. The van der Waals surface area contributed by atoms with Crippen LogP contribution in [0.2, 0.25) is 0 Å². The molecule has 8 nitrogen and oxygen atoms in total. The van der Waals surface area contributed by atoms with E-state index in [2.05, 4.69) is 33.8 Å². The Hall–Kier alpha value is -1.44. The standard InChI is InChI=1S/C11H21N3O5/c1-9(2)6-10-4-3-5-13(10)7-11(8-18-12-15)19-14(16)17/h9-11H,3-8H2,1-2H3. The van der Waals surface area contributed by atoms with E-state index in [-0.39, 0.29) is 6.61 Å². The predicted molar refractivity (Wildman–Crippen MR) is 67.7 cm³/mol. The minimum Gasteiger partial charge on any atom is -0.362 e. The van der Waals surface area contributed by atoms with E-state index >= 15 is 0 Å². The first-order valence-electron chi connectivity index (χ1n) is 6.52. The van der Waals surface area contributed by atoms with Gasteiger partial charge in [-0.2, -0.15) is 0 Å². The van der Waals surface area contributed by atoms with Crippen molar-refractivity contribution in [2.45, 2.75) is 45.3 Å².